The van der Waals surface area contributed by atoms with E-state index in [2.05, 4.69) is 4.74 Å². The molecule has 0 aliphatic carbocycles. The number of carboxylic acids is 1. The highest BCUT2D eigenvalue weighted by atomic mass is 35.5. The summed E-state index contributed by atoms with van der Waals surface area (Å²) < 4.78 is 4.34. The van der Waals surface area contributed by atoms with Crippen LogP contribution in [0.25, 0.3) is 0 Å². The maximum absolute atomic E-state index is 10.4. The van der Waals surface area contributed by atoms with E-state index in [0.717, 1.165) is 0 Å². The Bertz CT molecular complexity index is 210. The van der Waals surface area contributed by atoms with E-state index < -0.39 is 36.7 Å². The van der Waals surface area contributed by atoms with Gasteiger partial charge in [-0.15, -0.1) is 12.4 Å². The van der Waals surface area contributed by atoms with Gasteiger partial charge < -0.3 is 30.3 Å². The molecule has 0 aromatic rings. The van der Waals surface area contributed by atoms with E-state index in [4.69, 9.17) is 25.5 Å². The predicted molar refractivity (Wildman–Crippen MR) is 43.8 cm³/mol. The molecule has 0 radical (unpaired) electrons. The third kappa shape index (κ3) is 2.32. The van der Waals surface area contributed by atoms with Crippen LogP contribution in [0.2, 0.25) is 0 Å². The van der Waals surface area contributed by atoms with Crippen molar-refractivity contribution in [2.24, 2.45) is 0 Å². The normalized spacial score (nSPS) is 42.7. The van der Waals surface area contributed by atoms with Crippen molar-refractivity contribution >= 4 is 18.4 Å². The van der Waals surface area contributed by atoms with Gasteiger partial charge in [-0.2, -0.15) is 0 Å². The fourth-order valence-electron chi connectivity index (χ4n) is 1.07. The van der Waals surface area contributed by atoms with Gasteiger partial charge in [0.15, 0.2) is 12.4 Å². The number of rotatable bonds is 1. The molecular weight excluding hydrogens is 220 g/mol. The Morgan fingerprint density at radius 1 is 1.00 bits per heavy atom. The van der Waals surface area contributed by atoms with Crippen LogP contribution in [0.15, 0.2) is 0 Å². The van der Waals surface area contributed by atoms with Crippen molar-refractivity contribution in [2.45, 2.75) is 30.7 Å². The van der Waals surface area contributed by atoms with Gasteiger partial charge in [-0.05, 0) is 0 Å². The summed E-state index contributed by atoms with van der Waals surface area (Å²) in [6, 6.07) is 0. The molecular formula is C6H11ClO7. The molecule has 84 valence electrons. The molecule has 5 N–H and O–H groups in total. The summed E-state index contributed by atoms with van der Waals surface area (Å²) in [6.45, 7) is 0. The smallest absolute Gasteiger partial charge is 0.335 e. The van der Waals surface area contributed by atoms with Crippen LogP contribution in [0.5, 0.6) is 0 Å². The second-order valence-corrected chi connectivity index (χ2v) is 2.76. The van der Waals surface area contributed by atoms with E-state index in [1.54, 1.807) is 0 Å². The van der Waals surface area contributed by atoms with Gasteiger partial charge in [0.05, 0.1) is 0 Å². The summed E-state index contributed by atoms with van der Waals surface area (Å²) in [5, 5.41) is 44.4. The van der Waals surface area contributed by atoms with E-state index in [-0.39, 0.29) is 12.4 Å². The standard InChI is InChI=1S/C6H10O7.ClH/c7-1-2(8)4(5(10)11)13-6(12)3(1)9;/h1-4,6-9,12H,(H,10,11);1H/t1-,2-,3-,4-,6+;/m0./s1. The second kappa shape index (κ2) is 4.87. The van der Waals surface area contributed by atoms with E-state index in [9.17, 15) is 4.79 Å². The number of carbonyl (C=O) groups is 1. The van der Waals surface area contributed by atoms with Crippen molar-refractivity contribution in [3.63, 3.8) is 0 Å². The summed E-state index contributed by atoms with van der Waals surface area (Å²) in [4.78, 5) is 10.4. The molecule has 14 heavy (non-hydrogen) atoms. The van der Waals surface area contributed by atoms with E-state index >= 15 is 0 Å². The lowest BCUT2D eigenvalue weighted by Crippen LogP contribution is -2.59. The molecule has 1 rings (SSSR count). The van der Waals surface area contributed by atoms with Crippen LogP contribution < -0.4 is 0 Å². The van der Waals surface area contributed by atoms with Gasteiger partial charge in [0.1, 0.15) is 18.3 Å². The van der Waals surface area contributed by atoms with Crippen LogP contribution in [0.4, 0.5) is 0 Å². The molecule has 1 saturated heterocycles. The van der Waals surface area contributed by atoms with Gasteiger partial charge in [0.2, 0.25) is 0 Å². The number of halogens is 1. The van der Waals surface area contributed by atoms with Gasteiger partial charge in [-0.25, -0.2) is 4.79 Å². The molecule has 0 amide bonds. The average molecular weight is 231 g/mol. The molecule has 0 bridgehead atoms. The molecule has 1 heterocycles. The number of carboxylic acid groups (broad SMARTS) is 1. The Kier molecular flexibility index (Phi) is 4.72. The molecule has 0 spiro atoms. The molecule has 7 nitrogen and oxygen atoms in total. The summed E-state index contributed by atoms with van der Waals surface area (Å²) in [5.74, 6) is -1.52. The van der Waals surface area contributed by atoms with E-state index in [1.807, 2.05) is 0 Å². The van der Waals surface area contributed by atoms with Crippen molar-refractivity contribution in [1.82, 2.24) is 0 Å². The van der Waals surface area contributed by atoms with Crippen molar-refractivity contribution in [1.29, 1.82) is 0 Å². The van der Waals surface area contributed by atoms with Crippen LogP contribution in [0.3, 0.4) is 0 Å². The van der Waals surface area contributed by atoms with Crippen molar-refractivity contribution in [2.75, 3.05) is 0 Å². The number of aliphatic hydroxyl groups excluding tert-OH is 4. The fraction of sp³-hybridized carbons (Fsp3) is 0.833. The maximum atomic E-state index is 10.4. The lowest BCUT2D eigenvalue weighted by molar-refractivity contribution is -0.279. The quantitative estimate of drug-likeness (QED) is 0.331. The summed E-state index contributed by atoms with van der Waals surface area (Å²) in [6.07, 6.45) is -8.72. The first-order valence-electron chi connectivity index (χ1n) is 3.55. The molecule has 0 aromatic heterocycles. The van der Waals surface area contributed by atoms with E-state index in [0.29, 0.717) is 0 Å². The molecule has 1 aliphatic heterocycles. The Labute approximate surface area is 85.0 Å². The number of ether oxygens (including phenoxy) is 1. The molecule has 8 heteroatoms. The average Bonchev–Trinajstić information content (AvgIpc) is 2.07. The number of aliphatic hydroxyl groups is 4. The van der Waals surface area contributed by atoms with Crippen LogP contribution in [-0.2, 0) is 9.53 Å². The Morgan fingerprint density at radius 3 is 1.93 bits per heavy atom. The second-order valence-electron chi connectivity index (χ2n) is 2.76. The largest absolute Gasteiger partial charge is 0.479 e. The summed E-state index contributed by atoms with van der Waals surface area (Å²) in [5.41, 5.74) is 0. The first-order chi connectivity index (χ1) is 5.95. The minimum atomic E-state index is -1.81. The number of aliphatic carboxylic acids is 1. The SMILES string of the molecule is Cl.O=C(O)[C@H]1O[C@@H](O)[C@@H](O)[C@@H](O)[C@@H]1O. The van der Waals surface area contributed by atoms with Crippen LogP contribution in [0, 0.1) is 0 Å². The molecule has 1 aliphatic rings. The van der Waals surface area contributed by atoms with Crippen LogP contribution >= 0.6 is 12.4 Å². The minimum absolute atomic E-state index is 0. The molecule has 0 saturated carbocycles. The highest BCUT2D eigenvalue weighted by Gasteiger charge is 2.46. The molecule has 0 aromatic carbocycles. The zero-order valence-electron chi connectivity index (χ0n) is 6.85. The fourth-order valence-corrected chi connectivity index (χ4v) is 1.07. The zero-order chi connectivity index (χ0) is 10.2. The first-order valence-corrected chi connectivity index (χ1v) is 3.55. The first kappa shape index (κ1) is 13.6. The molecule has 1 fully saturated rings. The van der Waals surface area contributed by atoms with Crippen molar-refractivity contribution in [3.8, 4) is 0 Å². The number of hydrogen-bond acceptors (Lipinski definition) is 6. The molecule has 5 atom stereocenters. The number of hydrogen-bond donors (Lipinski definition) is 5. The lowest BCUT2D eigenvalue weighted by atomic mass is 9.99. The van der Waals surface area contributed by atoms with Gasteiger partial charge >= 0.3 is 5.97 Å². The minimum Gasteiger partial charge on any atom is -0.479 e. The Balaban J connectivity index is 0.00000169. The van der Waals surface area contributed by atoms with Gasteiger partial charge in [-0.1, -0.05) is 0 Å². The summed E-state index contributed by atoms with van der Waals surface area (Å²) in [7, 11) is 0. The predicted octanol–water partition coefficient (Wildman–Crippen LogP) is -2.71. The molecule has 0 unspecified atom stereocenters. The Morgan fingerprint density at radius 2 is 1.50 bits per heavy atom. The van der Waals surface area contributed by atoms with Gasteiger partial charge in [0, 0.05) is 0 Å². The third-order valence-electron chi connectivity index (χ3n) is 1.83. The lowest BCUT2D eigenvalue weighted by Gasteiger charge is -2.36. The maximum Gasteiger partial charge on any atom is 0.335 e. The topological polar surface area (TPSA) is 127 Å². The van der Waals surface area contributed by atoms with E-state index in [1.165, 1.54) is 0 Å². The van der Waals surface area contributed by atoms with Gasteiger partial charge in [-0.3, -0.25) is 0 Å². The monoisotopic (exact) mass is 230 g/mol. The highest BCUT2D eigenvalue weighted by molar-refractivity contribution is 5.85. The van der Waals surface area contributed by atoms with Gasteiger partial charge in [0.25, 0.3) is 0 Å². The van der Waals surface area contributed by atoms with Crippen molar-refractivity contribution in [3.05, 3.63) is 0 Å². The zero-order valence-corrected chi connectivity index (χ0v) is 7.66. The Hall–Kier alpha value is -0.440. The third-order valence-corrected chi connectivity index (χ3v) is 1.83. The van der Waals surface area contributed by atoms with Crippen LogP contribution in [-0.4, -0.2) is 62.2 Å². The highest BCUT2D eigenvalue weighted by Crippen LogP contribution is 2.19. The van der Waals surface area contributed by atoms with Crippen LogP contribution in [0.1, 0.15) is 0 Å². The van der Waals surface area contributed by atoms with Crippen molar-refractivity contribution < 1.29 is 35.1 Å². The summed E-state index contributed by atoms with van der Waals surface area (Å²) >= 11 is 0.